The van der Waals surface area contributed by atoms with Gasteiger partial charge in [-0.3, -0.25) is 9.59 Å². The number of aliphatic hydroxyl groups is 2. The van der Waals surface area contributed by atoms with Crippen molar-refractivity contribution in [2.24, 2.45) is 17.3 Å². The zero-order valence-electron chi connectivity index (χ0n) is 22.1. The quantitative estimate of drug-likeness (QED) is 0.522. The number of amides is 1. The lowest BCUT2D eigenvalue weighted by Crippen LogP contribution is -2.47. The average molecular weight is 507 g/mol. The molecule has 0 aliphatic carbocycles. The molecular weight excluding hydrogens is 464 g/mol. The topological polar surface area (TPSA) is 112 Å². The largest absolute Gasteiger partial charge is 0.392 e. The minimum Gasteiger partial charge on any atom is -0.392 e. The number of nitrogens with zero attached hydrogens (tertiary/aromatic N) is 1. The molecule has 0 saturated carbocycles. The van der Waals surface area contributed by atoms with Crippen LogP contribution >= 0.6 is 11.3 Å². The number of ketones is 1. The molecule has 7 nitrogen and oxygen atoms in total. The molecule has 1 aromatic rings. The SMILES string of the molecule is CC(=Cc1csc(C)n1)C1CC2O[C@]2(C)CCCC(C)C(O)C(C)C(=O)C(C)(C)C(O)CC(=O)N1. The second kappa shape index (κ2) is 10.8. The molecular formula is C27H42N2O5S. The predicted molar refractivity (Wildman–Crippen MR) is 138 cm³/mol. The summed E-state index contributed by atoms with van der Waals surface area (Å²) in [7, 11) is 0. The molecule has 3 heterocycles. The van der Waals surface area contributed by atoms with Crippen molar-refractivity contribution in [2.45, 2.75) is 111 Å². The van der Waals surface area contributed by atoms with Crippen LogP contribution in [-0.2, 0) is 14.3 Å². The van der Waals surface area contributed by atoms with Crippen molar-refractivity contribution in [3.8, 4) is 0 Å². The van der Waals surface area contributed by atoms with Crippen LogP contribution in [0.2, 0.25) is 0 Å². The summed E-state index contributed by atoms with van der Waals surface area (Å²) >= 11 is 1.58. The van der Waals surface area contributed by atoms with Gasteiger partial charge in [-0.1, -0.05) is 34.1 Å². The number of carbonyl (C=O) groups is 2. The Morgan fingerprint density at radius 1 is 1.26 bits per heavy atom. The van der Waals surface area contributed by atoms with Crippen LogP contribution in [0.15, 0.2) is 11.0 Å². The van der Waals surface area contributed by atoms with Gasteiger partial charge in [0.1, 0.15) is 5.78 Å². The number of Topliss-reactive ketones (excluding diaryl/α,β-unsaturated/α-hetero) is 1. The van der Waals surface area contributed by atoms with Gasteiger partial charge in [0.05, 0.1) is 52.5 Å². The second-order valence-electron chi connectivity index (χ2n) is 11.4. The van der Waals surface area contributed by atoms with Gasteiger partial charge in [0.15, 0.2) is 0 Å². The van der Waals surface area contributed by atoms with Crippen molar-refractivity contribution in [3.63, 3.8) is 0 Å². The standard InChI is InChI=1S/C27H42N2O5S/c1-15-9-8-10-27(7)22(34-27)12-20(16(2)11-19-14-35-18(4)28-19)29-23(31)13-21(30)26(5,6)25(33)17(3)24(15)32/h11,14-15,17,20-22,24,30,32H,8-10,12-13H2,1-7H3,(H,29,31)/t15?,17?,20?,21?,22?,24?,27-/m1/s1. The normalized spacial score (nSPS) is 37.5. The van der Waals surface area contributed by atoms with Crippen LogP contribution < -0.4 is 5.32 Å². The Morgan fingerprint density at radius 2 is 1.94 bits per heavy atom. The number of epoxide rings is 1. The fourth-order valence-electron chi connectivity index (χ4n) is 5.19. The van der Waals surface area contributed by atoms with E-state index in [2.05, 4.69) is 17.2 Å². The Morgan fingerprint density at radius 3 is 2.57 bits per heavy atom. The van der Waals surface area contributed by atoms with Crippen molar-refractivity contribution in [2.75, 3.05) is 0 Å². The van der Waals surface area contributed by atoms with Crippen LogP contribution in [0.1, 0.15) is 84.3 Å². The van der Waals surface area contributed by atoms with E-state index in [4.69, 9.17) is 4.74 Å². The number of thiazole rings is 1. The first-order valence-electron chi connectivity index (χ1n) is 12.7. The third-order valence-corrected chi connectivity index (χ3v) is 8.86. The highest BCUT2D eigenvalue weighted by Crippen LogP contribution is 2.44. The van der Waals surface area contributed by atoms with Gasteiger partial charge in [-0.05, 0) is 51.2 Å². The highest BCUT2D eigenvalue weighted by atomic mass is 32.1. The number of carbonyl (C=O) groups excluding carboxylic acids is 2. The Balaban J connectivity index is 1.85. The minimum atomic E-state index is -1.17. The molecule has 2 aliphatic rings. The van der Waals surface area contributed by atoms with E-state index >= 15 is 0 Å². The number of aliphatic hydroxyl groups excluding tert-OH is 2. The van der Waals surface area contributed by atoms with Gasteiger partial charge in [-0.2, -0.15) is 0 Å². The van der Waals surface area contributed by atoms with E-state index in [1.165, 1.54) is 0 Å². The second-order valence-corrected chi connectivity index (χ2v) is 12.5. The Hall–Kier alpha value is -1.61. The van der Waals surface area contributed by atoms with E-state index in [0.29, 0.717) is 6.42 Å². The van der Waals surface area contributed by atoms with Crippen molar-refractivity contribution in [3.05, 3.63) is 21.7 Å². The summed E-state index contributed by atoms with van der Waals surface area (Å²) in [6, 6.07) is -0.269. The number of ether oxygens (including phenoxy) is 1. The number of hydrogen-bond acceptors (Lipinski definition) is 7. The molecule has 3 rings (SSSR count). The summed E-state index contributed by atoms with van der Waals surface area (Å²) < 4.78 is 6.10. The van der Waals surface area contributed by atoms with E-state index in [-0.39, 0.29) is 41.8 Å². The van der Waals surface area contributed by atoms with E-state index in [0.717, 1.165) is 35.5 Å². The Labute approximate surface area is 213 Å². The molecule has 2 saturated heterocycles. The van der Waals surface area contributed by atoms with Crippen LogP contribution in [0, 0.1) is 24.2 Å². The molecule has 1 aromatic heterocycles. The number of fused-ring (bicyclic) bond motifs is 1. The van der Waals surface area contributed by atoms with E-state index < -0.39 is 23.5 Å². The Bertz CT molecular complexity index is 957. The predicted octanol–water partition coefficient (Wildman–Crippen LogP) is 4.05. The van der Waals surface area contributed by atoms with Crippen molar-refractivity contribution in [1.29, 1.82) is 0 Å². The molecule has 6 unspecified atom stereocenters. The summed E-state index contributed by atoms with van der Waals surface area (Å²) in [5, 5.41) is 27.8. The molecule has 7 atom stereocenters. The molecule has 0 bridgehead atoms. The van der Waals surface area contributed by atoms with Gasteiger partial charge in [0, 0.05) is 17.7 Å². The summed E-state index contributed by atoms with van der Waals surface area (Å²) in [4.78, 5) is 30.8. The monoisotopic (exact) mass is 506 g/mol. The summed E-state index contributed by atoms with van der Waals surface area (Å²) in [5.41, 5.74) is 0.410. The van der Waals surface area contributed by atoms with Crippen LogP contribution in [0.5, 0.6) is 0 Å². The number of nitrogens with one attached hydrogen (secondary N) is 1. The molecule has 0 radical (unpaired) electrons. The smallest absolute Gasteiger partial charge is 0.223 e. The summed E-state index contributed by atoms with van der Waals surface area (Å²) in [5.74, 6) is -1.24. The van der Waals surface area contributed by atoms with Gasteiger partial charge in [0.2, 0.25) is 5.91 Å². The summed E-state index contributed by atoms with van der Waals surface area (Å²) in [6.45, 7) is 13.0. The zero-order chi connectivity index (χ0) is 26.1. The first kappa shape index (κ1) is 28.0. The molecule has 3 N–H and O–H groups in total. The first-order valence-corrected chi connectivity index (χ1v) is 13.6. The van der Waals surface area contributed by atoms with E-state index in [9.17, 15) is 19.8 Å². The molecule has 0 spiro atoms. The lowest BCUT2D eigenvalue weighted by molar-refractivity contribution is -0.143. The van der Waals surface area contributed by atoms with Gasteiger partial charge in [-0.15, -0.1) is 11.3 Å². The highest BCUT2D eigenvalue weighted by Gasteiger charge is 2.52. The van der Waals surface area contributed by atoms with Crippen LogP contribution in [-0.4, -0.2) is 56.8 Å². The van der Waals surface area contributed by atoms with Crippen molar-refractivity contribution < 1.29 is 24.5 Å². The molecule has 35 heavy (non-hydrogen) atoms. The third kappa shape index (κ3) is 6.59. The van der Waals surface area contributed by atoms with Crippen molar-refractivity contribution >= 4 is 29.1 Å². The van der Waals surface area contributed by atoms with E-state index in [1.54, 1.807) is 32.1 Å². The molecule has 196 valence electrons. The van der Waals surface area contributed by atoms with Gasteiger partial charge in [0.25, 0.3) is 0 Å². The Kier molecular flexibility index (Phi) is 8.62. The fourth-order valence-corrected chi connectivity index (χ4v) is 5.76. The molecule has 8 heteroatoms. The maximum Gasteiger partial charge on any atom is 0.223 e. The average Bonchev–Trinajstić information content (AvgIpc) is 3.22. The van der Waals surface area contributed by atoms with Gasteiger partial charge >= 0.3 is 0 Å². The lowest BCUT2D eigenvalue weighted by atomic mass is 9.72. The fraction of sp³-hybridized carbons (Fsp3) is 0.741. The number of hydrogen-bond donors (Lipinski definition) is 3. The number of aryl methyl sites for hydroxylation is 1. The van der Waals surface area contributed by atoms with Crippen molar-refractivity contribution in [1.82, 2.24) is 10.3 Å². The number of rotatable bonds is 2. The molecule has 2 fully saturated rings. The molecule has 1 amide bonds. The third-order valence-electron chi connectivity index (χ3n) is 8.07. The summed E-state index contributed by atoms with van der Waals surface area (Å²) in [6.07, 6.45) is 2.99. The number of aromatic nitrogens is 1. The first-order chi connectivity index (χ1) is 16.2. The van der Waals surface area contributed by atoms with Crippen LogP contribution in [0.25, 0.3) is 6.08 Å². The van der Waals surface area contributed by atoms with E-state index in [1.807, 2.05) is 32.2 Å². The van der Waals surface area contributed by atoms with Gasteiger partial charge in [-0.25, -0.2) is 4.98 Å². The molecule has 0 aromatic carbocycles. The minimum absolute atomic E-state index is 0.0170. The maximum atomic E-state index is 13.2. The van der Waals surface area contributed by atoms with Crippen LogP contribution in [0.3, 0.4) is 0 Å². The van der Waals surface area contributed by atoms with Crippen LogP contribution in [0.4, 0.5) is 0 Å². The zero-order valence-corrected chi connectivity index (χ0v) is 22.9. The maximum absolute atomic E-state index is 13.2. The highest BCUT2D eigenvalue weighted by molar-refractivity contribution is 7.09. The van der Waals surface area contributed by atoms with Gasteiger partial charge < -0.3 is 20.3 Å². The molecule has 2 aliphatic heterocycles. The lowest BCUT2D eigenvalue weighted by Gasteiger charge is -2.34.